The van der Waals surface area contributed by atoms with E-state index in [9.17, 15) is 0 Å². The number of rotatable bonds is 4. The molecule has 0 radical (unpaired) electrons. The molecule has 282 valence electrons. The number of benzene rings is 4. The Bertz CT molecular complexity index is 2760. The Kier molecular flexibility index (Phi) is 7.53. The number of nitrogens with one attached hydrogen (secondary N) is 2. The number of hydrogen-bond acceptors (Lipinski definition) is 6. The Balaban J connectivity index is 1.47. The van der Waals surface area contributed by atoms with Crippen LogP contribution in [-0.4, -0.2) is 124 Å². The average Bonchev–Trinajstić information content (AvgIpc) is 3.84. The molecule has 5 heterocycles. The highest BCUT2D eigenvalue weighted by atomic mass is 15.3. The quantitative estimate of drug-likeness (QED) is 0.179. The van der Waals surface area contributed by atoms with E-state index in [0.29, 0.717) is 63.8 Å². The highest BCUT2D eigenvalue weighted by Crippen LogP contribution is 2.41. The molecule has 0 amide bonds. The van der Waals surface area contributed by atoms with Crippen LogP contribution in [0, 0.1) is 0 Å². The molecular formula is C44H50N12+4. The van der Waals surface area contributed by atoms with Crippen molar-refractivity contribution >= 4 is 66.9 Å². The largest absolute Gasteiger partial charge is 0.324 e. The lowest BCUT2D eigenvalue weighted by Crippen LogP contribution is -2.34. The first-order valence-electron chi connectivity index (χ1n) is 18.9. The van der Waals surface area contributed by atoms with Crippen LogP contribution in [0.1, 0.15) is 0 Å². The summed E-state index contributed by atoms with van der Waals surface area (Å²) in [5.41, 5.74) is 10.9. The van der Waals surface area contributed by atoms with Crippen molar-refractivity contribution in [1.29, 1.82) is 0 Å². The molecule has 0 fully saturated rings. The molecule has 0 spiro atoms. The monoisotopic (exact) mass is 746 g/mol. The van der Waals surface area contributed by atoms with Crippen molar-refractivity contribution in [3.63, 3.8) is 0 Å². The van der Waals surface area contributed by atoms with E-state index in [2.05, 4.69) is 167 Å². The molecule has 2 aliphatic rings. The summed E-state index contributed by atoms with van der Waals surface area (Å²) in [6.07, 6.45) is 0. The summed E-state index contributed by atoms with van der Waals surface area (Å²) in [7, 11) is 26.0. The second kappa shape index (κ2) is 11.8. The number of quaternary nitrogens is 4. The maximum atomic E-state index is 5.30. The topological polar surface area (TPSA) is 109 Å². The molecule has 0 unspecified atom stereocenters. The van der Waals surface area contributed by atoms with Crippen LogP contribution >= 0.6 is 0 Å². The lowest BCUT2D eigenvalue weighted by molar-refractivity contribution is 0.486. The van der Waals surface area contributed by atoms with Gasteiger partial charge in [-0.05, 0) is 48.5 Å². The zero-order valence-electron chi connectivity index (χ0n) is 34.4. The van der Waals surface area contributed by atoms with Crippen LogP contribution in [0.2, 0.25) is 0 Å². The average molecular weight is 747 g/mol. The van der Waals surface area contributed by atoms with Gasteiger partial charge < -0.3 is 9.97 Å². The number of nitrogens with zero attached hydrogens (tertiary/aromatic N) is 10. The number of aromatic amines is 2. The number of aromatic nitrogens is 8. The first-order chi connectivity index (χ1) is 26.2. The SMILES string of the molecule is C[N+](C)(C)c1ccc2c(c1)-c1nc-2nc2[nH]c(nc3nc(nc4[nH]c(n1)c1ccc([N+](C)(C)C)cc41)-c1ccc([N+](C)(C)C)cc1-3)c1ccc([N+](C)(C)C)cc21. The van der Waals surface area contributed by atoms with Gasteiger partial charge in [-0.2, -0.15) is 0 Å². The molecule has 3 aromatic heterocycles. The number of hydrogen-bond donors (Lipinski definition) is 2. The molecule has 7 aromatic rings. The Labute approximate surface area is 326 Å². The highest BCUT2D eigenvalue weighted by molar-refractivity contribution is 6.07. The molecule has 0 atom stereocenters. The summed E-state index contributed by atoms with van der Waals surface area (Å²) in [5, 5.41) is 3.81. The molecule has 8 bridgehead atoms. The zero-order chi connectivity index (χ0) is 39.7. The molecule has 12 heteroatoms. The standard InChI is InChI=1S/C44H50N12/c1-53(2,3)25-13-17-29-33(21-25)41-45-37(29)50-42-35-23-27(55(7,8)9)15-19-31(35)39(47-42)52-44-36-24-28(56(10,11)12)16-20-32(36)40(48-44)51-43-34-22-26(54(4,5)6)14-18-30(34)38(46-43)49-41/h13-24H,1-12H3,(H2,45,46,47,48,49,50,51,52)/q+4. The third kappa shape index (κ3) is 5.93. The molecule has 0 saturated heterocycles. The zero-order valence-corrected chi connectivity index (χ0v) is 34.4. The maximum absolute atomic E-state index is 5.30. The van der Waals surface area contributed by atoms with Gasteiger partial charge in [0.1, 0.15) is 45.3 Å². The van der Waals surface area contributed by atoms with Crippen molar-refractivity contribution in [3.8, 4) is 45.6 Å². The summed E-state index contributed by atoms with van der Waals surface area (Å²) in [6, 6.07) is 25.9. The first kappa shape index (κ1) is 35.8. The van der Waals surface area contributed by atoms with Gasteiger partial charge in [0.2, 0.25) is 0 Å². The molecule has 12 nitrogen and oxygen atoms in total. The van der Waals surface area contributed by atoms with Gasteiger partial charge in [0, 0.05) is 68.1 Å². The lowest BCUT2D eigenvalue weighted by atomic mass is 10.1. The maximum Gasteiger partial charge on any atom is 0.164 e. The van der Waals surface area contributed by atoms with E-state index >= 15 is 0 Å². The highest BCUT2D eigenvalue weighted by Gasteiger charge is 2.27. The second-order valence-corrected chi connectivity index (χ2v) is 18.6. The van der Waals surface area contributed by atoms with Crippen molar-refractivity contribution in [3.05, 3.63) is 72.8 Å². The Morgan fingerprint density at radius 3 is 0.929 bits per heavy atom. The van der Waals surface area contributed by atoms with Crippen LogP contribution in [0.25, 0.3) is 89.7 Å². The van der Waals surface area contributed by atoms with Crippen LogP contribution in [0.3, 0.4) is 0 Å². The van der Waals surface area contributed by atoms with E-state index in [0.717, 1.165) is 66.5 Å². The summed E-state index contributed by atoms with van der Waals surface area (Å²) >= 11 is 0. The molecule has 0 saturated carbocycles. The molecule has 2 N–H and O–H groups in total. The van der Waals surface area contributed by atoms with Gasteiger partial charge >= 0.3 is 0 Å². The molecule has 56 heavy (non-hydrogen) atoms. The van der Waals surface area contributed by atoms with Gasteiger partial charge in [-0.3, -0.25) is 17.9 Å². The van der Waals surface area contributed by atoms with Crippen LogP contribution < -0.4 is 17.9 Å². The van der Waals surface area contributed by atoms with Crippen LogP contribution in [0.4, 0.5) is 22.7 Å². The predicted molar refractivity (Wildman–Crippen MR) is 234 cm³/mol. The molecule has 9 rings (SSSR count). The Morgan fingerprint density at radius 1 is 0.304 bits per heavy atom. The van der Waals surface area contributed by atoms with Crippen molar-refractivity contribution < 1.29 is 0 Å². The normalized spacial score (nSPS) is 13.4. The Morgan fingerprint density at radius 2 is 0.589 bits per heavy atom. The van der Waals surface area contributed by atoms with Crippen LogP contribution in [-0.2, 0) is 0 Å². The van der Waals surface area contributed by atoms with Gasteiger partial charge in [0.05, 0.1) is 84.6 Å². The van der Waals surface area contributed by atoms with Gasteiger partial charge in [-0.1, -0.05) is 0 Å². The van der Waals surface area contributed by atoms with E-state index in [1.807, 2.05) is 0 Å². The predicted octanol–water partition coefficient (Wildman–Crippen LogP) is 7.66. The van der Waals surface area contributed by atoms with Crippen LogP contribution in [0.5, 0.6) is 0 Å². The molecule has 2 aliphatic heterocycles. The fraction of sp³-hybridized carbons (Fsp3) is 0.273. The van der Waals surface area contributed by atoms with E-state index in [1.165, 1.54) is 0 Å². The Hall–Kier alpha value is -5.92. The fourth-order valence-electron chi connectivity index (χ4n) is 7.42. The lowest BCUT2D eigenvalue weighted by Gasteiger charge is -2.23. The smallest absolute Gasteiger partial charge is 0.164 e. The van der Waals surface area contributed by atoms with Crippen molar-refractivity contribution in [2.24, 2.45) is 0 Å². The summed E-state index contributed by atoms with van der Waals surface area (Å²) in [6.45, 7) is 0. The molecular weight excluding hydrogens is 697 g/mol. The minimum absolute atomic E-state index is 0.587. The number of H-pyrrole nitrogens is 2. The third-order valence-corrected chi connectivity index (χ3v) is 10.9. The van der Waals surface area contributed by atoms with Crippen molar-refractivity contribution in [2.75, 3.05) is 84.6 Å². The van der Waals surface area contributed by atoms with E-state index < -0.39 is 0 Å². The summed E-state index contributed by atoms with van der Waals surface area (Å²) in [4.78, 5) is 38.8. The van der Waals surface area contributed by atoms with Gasteiger partial charge in [-0.15, -0.1) is 0 Å². The summed E-state index contributed by atoms with van der Waals surface area (Å²) in [5.74, 6) is 2.35. The van der Waals surface area contributed by atoms with Gasteiger partial charge in [-0.25, -0.2) is 29.9 Å². The first-order valence-corrected chi connectivity index (χ1v) is 18.9. The van der Waals surface area contributed by atoms with E-state index in [4.69, 9.17) is 29.9 Å². The van der Waals surface area contributed by atoms with Crippen molar-refractivity contribution in [2.45, 2.75) is 0 Å². The van der Waals surface area contributed by atoms with Crippen molar-refractivity contribution in [1.82, 2.24) is 57.8 Å². The van der Waals surface area contributed by atoms with Gasteiger partial charge in [0.15, 0.2) is 23.3 Å². The summed E-state index contributed by atoms with van der Waals surface area (Å²) < 4.78 is 2.59. The number of fused-ring (bicyclic) bond motifs is 20. The fourth-order valence-corrected chi connectivity index (χ4v) is 7.42. The minimum Gasteiger partial charge on any atom is -0.324 e. The second-order valence-electron chi connectivity index (χ2n) is 18.6. The third-order valence-electron chi connectivity index (χ3n) is 10.9. The van der Waals surface area contributed by atoms with Gasteiger partial charge in [0.25, 0.3) is 0 Å². The molecule has 4 aromatic carbocycles. The molecule has 0 aliphatic carbocycles. The van der Waals surface area contributed by atoms with E-state index in [1.54, 1.807) is 0 Å². The van der Waals surface area contributed by atoms with Crippen LogP contribution in [0.15, 0.2) is 72.8 Å². The minimum atomic E-state index is 0.587. The van der Waals surface area contributed by atoms with E-state index in [-0.39, 0.29) is 0 Å².